The minimum Gasteiger partial charge on any atom is -0.496 e. The van der Waals surface area contributed by atoms with E-state index in [1.54, 1.807) is 25.3 Å². The third-order valence-corrected chi connectivity index (χ3v) is 5.50. The molecular weight excluding hydrogens is 388 g/mol. The Morgan fingerprint density at radius 3 is 2.83 bits per heavy atom. The van der Waals surface area contributed by atoms with Gasteiger partial charge in [0.1, 0.15) is 11.6 Å². The molecule has 4 rings (SSSR count). The summed E-state index contributed by atoms with van der Waals surface area (Å²) in [6, 6.07) is 10.9. The number of anilines is 1. The minimum atomic E-state index is -0.237. The first-order valence-electron chi connectivity index (χ1n) is 9.75. The number of fused-ring (bicyclic) bond motifs is 1. The summed E-state index contributed by atoms with van der Waals surface area (Å²) in [7, 11) is 1.55. The fraction of sp³-hybridized carbons (Fsp3) is 0.318. The van der Waals surface area contributed by atoms with Crippen LogP contribution in [0.3, 0.4) is 0 Å². The third-order valence-electron chi connectivity index (χ3n) is 5.17. The number of carbonyl (C=O) groups is 1. The Morgan fingerprint density at radius 2 is 2.00 bits per heavy atom. The topological polar surface area (TPSA) is 69.0 Å². The molecule has 0 unspecified atom stereocenters. The number of amides is 1. The molecule has 1 aliphatic heterocycles. The van der Waals surface area contributed by atoms with E-state index < -0.39 is 0 Å². The third kappa shape index (κ3) is 3.98. The lowest BCUT2D eigenvalue weighted by atomic mass is 10.1. The van der Waals surface area contributed by atoms with Crippen molar-refractivity contribution in [3.8, 4) is 17.1 Å². The highest BCUT2D eigenvalue weighted by molar-refractivity contribution is 6.33. The molecule has 0 spiro atoms. The maximum Gasteiger partial charge on any atom is 0.259 e. The van der Waals surface area contributed by atoms with Gasteiger partial charge >= 0.3 is 0 Å². The summed E-state index contributed by atoms with van der Waals surface area (Å²) in [5, 5.41) is 12.3. The molecule has 2 heterocycles. The largest absolute Gasteiger partial charge is 0.496 e. The fourth-order valence-corrected chi connectivity index (χ4v) is 3.86. The first-order chi connectivity index (χ1) is 14.1. The molecule has 0 saturated heterocycles. The molecule has 0 saturated carbocycles. The Hall–Kier alpha value is -2.86. The zero-order valence-electron chi connectivity index (χ0n) is 16.5. The summed E-state index contributed by atoms with van der Waals surface area (Å²) in [4.78, 5) is 12.8. The van der Waals surface area contributed by atoms with E-state index in [1.807, 2.05) is 25.1 Å². The monoisotopic (exact) mass is 410 g/mol. The van der Waals surface area contributed by atoms with Gasteiger partial charge in [0.25, 0.3) is 5.91 Å². The van der Waals surface area contributed by atoms with Gasteiger partial charge in [-0.05, 0) is 50.1 Å². The van der Waals surface area contributed by atoms with E-state index in [0.717, 1.165) is 48.6 Å². The van der Waals surface area contributed by atoms with E-state index in [0.29, 0.717) is 22.0 Å². The van der Waals surface area contributed by atoms with Crippen molar-refractivity contribution in [3.05, 3.63) is 58.4 Å². The molecule has 1 aromatic heterocycles. The number of rotatable bonds is 4. The first kappa shape index (κ1) is 19.5. The lowest BCUT2D eigenvalue weighted by Crippen LogP contribution is -2.13. The molecule has 150 valence electrons. The zero-order chi connectivity index (χ0) is 20.4. The molecule has 1 aliphatic rings. The van der Waals surface area contributed by atoms with Crippen LogP contribution in [0.4, 0.5) is 5.69 Å². The van der Waals surface area contributed by atoms with Crippen molar-refractivity contribution >= 4 is 23.2 Å². The van der Waals surface area contributed by atoms with Crippen LogP contribution in [0.5, 0.6) is 5.75 Å². The van der Waals surface area contributed by atoms with Crippen LogP contribution in [0.1, 0.15) is 41.0 Å². The van der Waals surface area contributed by atoms with Crippen LogP contribution in [0.15, 0.2) is 36.4 Å². The van der Waals surface area contributed by atoms with Crippen molar-refractivity contribution in [1.29, 1.82) is 0 Å². The molecule has 0 radical (unpaired) electrons. The van der Waals surface area contributed by atoms with Crippen molar-refractivity contribution < 1.29 is 9.53 Å². The van der Waals surface area contributed by atoms with Gasteiger partial charge in [0.2, 0.25) is 0 Å². The summed E-state index contributed by atoms with van der Waals surface area (Å²) in [6.07, 6.45) is 4.33. The van der Waals surface area contributed by atoms with E-state index in [-0.39, 0.29) is 5.91 Å². The SMILES string of the molecule is COc1ccc(C)cc1C(=O)Nc1ccc(Cl)c(-c2nnc3n2CCCCC3)c1. The van der Waals surface area contributed by atoms with Crippen LogP contribution >= 0.6 is 11.6 Å². The Bertz CT molecular complexity index is 1060. The number of ether oxygens (including phenoxy) is 1. The van der Waals surface area contributed by atoms with Crippen LogP contribution < -0.4 is 10.1 Å². The molecule has 1 N–H and O–H groups in total. The van der Waals surface area contributed by atoms with Gasteiger partial charge in [0.05, 0.1) is 17.7 Å². The van der Waals surface area contributed by atoms with Crippen molar-refractivity contribution in [2.24, 2.45) is 0 Å². The zero-order valence-corrected chi connectivity index (χ0v) is 17.3. The number of hydrogen-bond donors (Lipinski definition) is 1. The molecule has 29 heavy (non-hydrogen) atoms. The van der Waals surface area contributed by atoms with E-state index in [1.165, 1.54) is 6.42 Å². The van der Waals surface area contributed by atoms with Gasteiger partial charge in [-0.25, -0.2) is 0 Å². The Kier molecular flexibility index (Phi) is 5.53. The number of methoxy groups -OCH3 is 1. The first-order valence-corrected chi connectivity index (χ1v) is 10.1. The highest BCUT2D eigenvalue weighted by Crippen LogP contribution is 2.32. The van der Waals surface area contributed by atoms with Crippen LogP contribution in [-0.4, -0.2) is 27.8 Å². The molecular formula is C22H23ClN4O2. The standard InChI is InChI=1S/C22H23ClN4O2/c1-14-7-10-19(29-2)17(12-14)22(28)24-15-8-9-18(23)16(13-15)21-26-25-20-6-4-3-5-11-27(20)21/h7-10,12-13H,3-6,11H2,1-2H3,(H,24,28). The summed E-state index contributed by atoms with van der Waals surface area (Å²) in [6.45, 7) is 2.82. The van der Waals surface area contributed by atoms with Gasteiger partial charge in [0.15, 0.2) is 5.82 Å². The molecule has 1 amide bonds. The van der Waals surface area contributed by atoms with Gasteiger partial charge in [0, 0.05) is 24.2 Å². The number of carbonyl (C=O) groups excluding carboxylic acids is 1. The Labute approximate surface area is 174 Å². The number of halogens is 1. The molecule has 0 bridgehead atoms. The second-order valence-corrected chi connectivity index (χ2v) is 7.66. The maximum absolute atomic E-state index is 12.8. The average molecular weight is 411 g/mol. The van der Waals surface area contributed by atoms with E-state index in [2.05, 4.69) is 20.1 Å². The van der Waals surface area contributed by atoms with Crippen LogP contribution in [0, 0.1) is 6.92 Å². The number of aryl methyl sites for hydroxylation is 2. The van der Waals surface area contributed by atoms with E-state index in [9.17, 15) is 4.79 Å². The van der Waals surface area contributed by atoms with Crippen LogP contribution in [0.2, 0.25) is 5.02 Å². The van der Waals surface area contributed by atoms with Crippen molar-refractivity contribution in [1.82, 2.24) is 14.8 Å². The summed E-state index contributed by atoms with van der Waals surface area (Å²) < 4.78 is 7.47. The number of hydrogen-bond acceptors (Lipinski definition) is 4. The minimum absolute atomic E-state index is 0.237. The number of nitrogens with one attached hydrogen (secondary N) is 1. The van der Waals surface area contributed by atoms with Gasteiger partial charge in [-0.3, -0.25) is 4.79 Å². The second-order valence-electron chi connectivity index (χ2n) is 7.25. The van der Waals surface area contributed by atoms with Gasteiger partial charge in [-0.1, -0.05) is 29.7 Å². The Morgan fingerprint density at radius 1 is 1.14 bits per heavy atom. The molecule has 2 aromatic carbocycles. The predicted molar refractivity (Wildman–Crippen MR) is 114 cm³/mol. The van der Waals surface area contributed by atoms with Gasteiger partial charge in [-0.15, -0.1) is 10.2 Å². The van der Waals surface area contributed by atoms with Crippen LogP contribution in [-0.2, 0) is 13.0 Å². The van der Waals surface area contributed by atoms with Gasteiger partial charge < -0.3 is 14.6 Å². The van der Waals surface area contributed by atoms with Crippen molar-refractivity contribution in [3.63, 3.8) is 0 Å². The quantitative estimate of drug-likeness (QED) is 0.664. The van der Waals surface area contributed by atoms with Crippen molar-refractivity contribution in [2.75, 3.05) is 12.4 Å². The number of nitrogens with zero attached hydrogens (tertiary/aromatic N) is 3. The lowest BCUT2D eigenvalue weighted by Gasteiger charge is -2.13. The summed E-state index contributed by atoms with van der Waals surface area (Å²) in [5.41, 5.74) is 2.88. The van der Waals surface area contributed by atoms with Gasteiger partial charge in [-0.2, -0.15) is 0 Å². The van der Waals surface area contributed by atoms with Crippen LogP contribution in [0.25, 0.3) is 11.4 Å². The molecule has 0 fully saturated rings. The van der Waals surface area contributed by atoms with Crippen molar-refractivity contribution in [2.45, 2.75) is 39.2 Å². The lowest BCUT2D eigenvalue weighted by molar-refractivity contribution is 0.102. The second kappa shape index (κ2) is 8.25. The molecule has 6 nitrogen and oxygen atoms in total. The predicted octanol–water partition coefficient (Wildman–Crippen LogP) is 4.89. The molecule has 3 aromatic rings. The number of aromatic nitrogens is 3. The normalized spacial score (nSPS) is 13.5. The summed E-state index contributed by atoms with van der Waals surface area (Å²) in [5.74, 6) is 2.03. The van der Waals surface area contributed by atoms with E-state index >= 15 is 0 Å². The highest BCUT2D eigenvalue weighted by Gasteiger charge is 2.19. The molecule has 0 atom stereocenters. The molecule has 0 aliphatic carbocycles. The van der Waals surface area contributed by atoms with E-state index in [4.69, 9.17) is 16.3 Å². The maximum atomic E-state index is 12.8. The smallest absolute Gasteiger partial charge is 0.259 e. The Balaban J connectivity index is 1.66. The highest BCUT2D eigenvalue weighted by atomic mass is 35.5. The molecule has 7 heteroatoms. The average Bonchev–Trinajstić information content (AvgIpc) is 2.97. The fourth-order valence-electron chi connectivity index (χ4n) is 3.66. The summed E-state index contributed by atoms with van der Waals surface area (Å²) >= 11 is 6.48. The number of benzene rings is 2.